The van der Waals surface area contributed by atoms with Crippen molar-refractivity contribution in [2.75, 3.05) is 5.88 Å². The van der Waals surface area contributed by atoms with Crippen LogP contribution in [0.5, 0.6) is 0 Å². The van der Waals surface area contributed by atoms with Crippen molar-refractivity contribution < 1.29 is 0 Å². The van der Waals surface area contributed by atoms with Crippen LogP contribution in [0.25, 0.3) is 0 Å². The summed E-state index contributed by atoms with van der Waals surface area (Å²) in [5.41, 5.74) is 0. The second kappa shape index (κ2) is 3.04. The molecule has 1 N–H and O–H groups in total. The molecule has 0 fully saturated rings. The van der Waals surface area contributed by atoms with E-state index in [1.54, 1.807) is 18.2 Å². The van der Waals surface area contributed by atoms with Crippen molar-refractivity contribution in [2.45, 2.75) is 5.00 Å². The van der Waals surface area contributed by atoms with Crippen LogP contribution < -0.4 is 5.32 Å². The zero-order valence-corrected chi connectivity index (χ0v) is 7.34. The fourth-order valence-electron chi connectivity index (χ4n) is 0.645. The van der Waals surface area contributed by atoms with Crippen molar-refractivity contribution in [3.8, 4) is 0 Å². The molecule has 1 rings (SSSR count). The molecule has 1 heterocycles. The molecule has 0 aliphatic carbocycles. The number of alkyl halides is 2. The average Bonchev–Trinajstić information content (AvgIpc) is 1.88. The van der Waals surface area contributed by atoms with Gasteiger partial charge in [0.1, 0.15) is 10.2 Å². The molecule has 0 saturated heterocycles. The average molecular weight is 198 g/mol. The lowest BCUT2D eigenvalue weighted by molar-refractivity contribution is 0.682. The largest absolute Gasteiger partial charge is 0.353 e. The van der Waals surface area contributed by atoms with Crippen LogP contribution in [0.1, 0.15) is 0 Å². The molecule has 0 radical (unpaired) electrons. The third-order valence-electron chi connectivity index (χ3n) is 1.12. The molecular weight excluding hydrogens is 192 g/mol. The van der Waals surface area contributed by atoms with E-state index in [1.165, 1.54) is 0 Å². The molecule has 0 aromatic carbocycles. The summed E-state index contributed by atoms with van der Waals surface area (Å²) >= 11 is 17.1. The number of dihydropyridines is 1. The maximum atomic E-state index is 5.90. The van der Waals surface area contributed by atoms with E-state index >= 15 is 0 Å². The fourth-order valence-corrected chi connectivity index (χ4v) is 1.27. The van der Waals surface area contributed by atoms with E-state index in [0.29, 0.717) is 5.16 Å². The smallest absolute Gasteiger partial charge is 0.145 e. The predicted molar refractivity (Wildman–Crippen MR) is 45.5 cm³/mol. The zero-order valence-electron chi connectivity index (χ0n) is 5.07. The van der Waals surface area contributed by atoms with Gasteiger partial charge in [-0.1, -0.05) is 29.3 Å². The first-order valence-electron chi connectivity index (χ1n) is 2.74. The van der Waals surface area contributed by atoms with E-state index in [2.05, 4.69) is 5.32 Å². The molecular formula is C6H6Cl3N. The minimum absolute atomic E-state index is 0.287. The molecule has 0 bridgehead atoms. The summed E-state index contributed by atoms with van der Waals surface area (Å²) in [7, 11) is 0. The minimum atomic E-state index is -0.701. The van der Waals surface area contributed by atoms with Crippen molar-refractivity contribution in [3.05, 3.63) is 23.4 Å². The summed E-state index contributed by atoms with van der Waals surface area (Å²) in [6.45, 7) is 0. The molecule has 1 unspecified atom stereocenters. The molecule has 0 saturated carbocycles. The van der Waals surface area contributed by atoms with Crippen LogP contribution in [-0.2, 0) is 0 Å². The van der Waals surface area contributed by atoms with Gasteiger partial charge in [-0.25, -0.2) is 0 Å². The summed E-state index contributed by atoms with van der Waals surface area (Å²) in [6.07, 6.45) is 5.25. The highest BCUT2D eigenvalue weighted by Gasteiger charge is 2.24. The Morgan fingerprint density at radius 3 is 2.70 bits per heavy atom. The lowest BCUT2D eigenvalue weighted by Crippen LogP contribution is -2.39. The van der Waals surface area contributed by atoms with Gasteiger partial charge >= 0.3 is 0 Å². The quantitative estimate of drug-likeness (QED) is 0.504. The molecule has 0 spiro atoms. The van der Waals surface area contributed by atoms with E-state index in [-0.39, 0.29) is 5.88 Å². The summed E-state index contributed by atoms with van der Waals surface area (Å²) in [5, 5.41) is 3.33. The highest BCUT2D eigenvalue weighted by atomic mass is 35.5. The lowest BCUT2D eigenvalue weighted by atomic mass is 10.2. The number of hydrogen-bond donors (Lipinski definition) is 1. The van der Waals surface area contributed by atoms with Crippen molar-refractivity contribution in [3.63, 3.8) is 0 Å². The molecule has 1 nitrogen and oxygen atoms in total. The van der Waals surface area contributed by atoms with Crippen LogP contribution in [0.3, 0.4) is 0 Å². The SMILES string of the molecule is ClCC1(Cl)C=CC=C(Cl)N1. The Labute approximate surface area is 74.6 Å². The van der Waals surface area contributed by atoms with Gasteiger partial charge in [0.15, 0.2) is 0 Å². The molecule has 10 heavy (non-hydrogen) atoms. The highest BCUT2D eigenvalue weighted by molar-refractivity contribution is 6.34. The molecule has 0 aromatic heterocycles. The first-order valence-corrected chi connectivity index (χ1v) is 4.03. The molecule has 1 aliphatic rings. The normalized spacial score (nSPS) is 31.3. The predicted octanol–water partition coefficient (Wildman–Crippen LogP) is 2.40. The Balaban J connectivity index is 2.71. The number of rotatable bonds is 1. The van der Waals surface area contributed by atoms with Crippen LogP contribution in [0.15, 0.2) is 23.4 Å². The Morgan fingerprint density at radius 1 is 1.60 bits per heavy atom. The molecule has 0 amide bonds. The third kappa shape index (κ3) is 1.82. The first-order chi connectivity index (χ1) is 4.66. The second-order valence-electron chi connectivity index (χ2n) is 1.99. The molecule has 1 aliphatic heterocycles. The maximum absolute atomic E-state index is 5.90. The Kier molecular flexibility index (Phi) is 2.50. The monoisotopic (exact) mass is 197 g/mol. The minimum Gasteiger partial charge on any atom is -0.353 e. The van der Waals surface area contributed by atoms with Crippen LogP contribution >= 0.6 is 34.8 Å². The van der Waals surface area contributed by atoms with Crippen molar-refractivity contribution in [2.24, 2.45) is 0 Å². The summed E-state index contributed by atoms with van der Waals surface area (Å²) in [5.74, 6) is 0.287. The number of halogens is 3. The molecule has 1 atom stereocenters. The maximum Gasteiger partial charge on any atom is 0.145 e. The summed E-state index contributed by atoms with van der Waals surface area (Å²) in [6, 6.07) is 0. The van der Waals surface area contributed by atoms with E-state index in [1.807, 2.05) is 0 Å². The third-order valence-corrected chi connectivity index (χ3v) is 2.26. The van der Waals surface area contributed by atoms with Crippen LogP contribution in [0.4, 0.5) is 0 Å². The van der Waals surface area contributed by atoms with Gasteiger partial charge in [-0.2, -0.15) is 0 Å². The summed E-state index contributed by atoms with van der Waals surface area (Å²) in [4.78, 5) is -0.701. The van der Waals surface area contributed by atoms with E-state index < -0.39 is 5.00 Å². The van der Waals surface area contributed by atoms with Gasteiger partial charge in [-0.05, 0) is 12.2 Å². The first kappa shape index (κ1) is 8.25. The van der Waals surface area contributed by atoms with Gasteiger partial charge in [0.2, 0.25) is 0 Å². The van der Waals surface area contributed by atoms with Crippen LogP contribution in [0, 0.1) is 0 Å². The topological polar surface area (TPSA) is 12.0 Å². The number of allylic oxidation sites excluding steroid dienone is 2. The Morgan fingerprint density at radius 2 is 2.30 bits per heavy atom. The van der Waals surface area contributed by atoms with Gasteiger partial charge < -0.3 is 5.32 Å². The van der Waals surface area contributed by atoms with Crippen molar-refractivity contribution in [1.29, 1.82) is 0 Å². The van der Waals surface area contributed by atoms with Gasteiger partial charge in [-0.15, -0.1) is 11.6 Å². The van der Waals surface area contributed by atoms with E-state index in [4.69, 9.17) is 34.8 Å². The molecule has 56 valence electrons. The van der Waals surface area contributed by atoms with Gasteiger partial charge in [-0.3, -0.25) is 0 Å². The lowest BCUT2D eigenvalue weighted by Gasteiger charge is -2.24. The van der Waals surface area contributed by atoms with Gasteiger partial charge in [0.25, 0.3) is 0 Å². The zero-order chi connectivity index (χ0) is 7.61. The number of hydrogen-bond acceptors (Lipinski definition) is 1. The van der Waals surface area contributed by atoms with Crippen molar-refractivity contribution >= 4 is 34.8 Å². The van der Waals surface area contributed by atoms with Gasteiger partial charge in [0, 0.05) is 0 Å². The molecule has 0 aromatic rings. The summed E-state index contributed by atoms with van der Waals surface area (Å²) < 4.78 is 0. The Bertz CT molecular complexity index is 187. The Hall–Kier alpha value is 0.150. The van der Waals surface area contributed by atoms with E-state index in [0.717, 1.165) is 0 Å². The second-order valence-corrected chi connectivity index (χ2v) is 3.34. The van der Waals surface area contributed by atoms with Crippen LogP contribution in [-0.4, -0.2) is 10.9 Å². The standard InChI is InChI=1S/C6H6Cl3N/c7-4-6(9)3-1-2-5(8)10-6/h1-3,10H,4H2. The molecule has 4 heteroatoms. The highest BCUT2D eigenvalue weighted by Crippen LogP contribution is 2.21. The number of nitrogens with one attached hydrogen (secondary N) is 1. The van der Waals surface area contributed by atoms with Gasteiger partial charge in [0.05, 0.1) is 5.88 Å². The van der Waals surface area contributed by atoms with Crippen LogP contribution in [0.2, 0.25) is 0 Å². The fraction of sp³-hybridized carbons (Fsp3) is 0.333. The van der Waals surface area contributed by atoms with Crippen molar-refractivity contribution in [1.82, 2.24) is 5.32 Å². The van der Waals surface area contributed by atoms with E-state index in [9.17, 15) is 0 Å².